The minimum Gasteiger partial charge on any atom is -0.489 e. The summed E-state index contributed by atoms with van der Waals surface area (Å²) in [6.07, 6.45) is 1.17. The van der Waals surface area contributed by atoms with Crippen molar-refractivity contribution in [2.24, 2.45) is 0 Å². The Balaban J connectivity index is 1.92. The molecule has 1 aromatic carbocycles. The normalized spacial score (nSPS) is 10.8. The van der Waals surface area contributed by atoms with Crippen LogP contribution in [0.5, 0.6) is 5.75 Å². The SMILES string of the molecule is CCCNCc1cc(COc2cccc(C)c2)c(C)s1. The molecule has 3 heteroatoms. The number of hydrogen-bond acceptors (Lipinski definition) is 3. The lowest BCUT2D eigenvalue weighted by molar-refractivity contribution is 0.306. The minimum absolute atomic E-state index is 0.652. The third-order valence-electron chi connectivity index (χ3n) is 3.18. The summed E-state index contributed by atoms with van der Waals surface area (Å²) in [4.78, 5) is 2.74. The molecule has 108 valence electrons. The Kier molecular flexibility index (Phi) is 5.62. The van der Waals surface area contributed by atoms with Crippen molar-refractivity contribution in [3.63, 3.8) is 0 Å². The van der Waals surface area contributed by atoms with Crippen LogP contribution in [0.4, 0.5) is 0 Å². The van der Waals surface area contributed by atoms with Crippen molar-refractivity contribution < 1.29 is 4.74 Å². The lowest BCUT2D eigenvalue weighted by Gasteiger charge is -2.06. The number of nitrogens with one attached hydrogen (secondary N) is 1. The zero-order chi connectivity index (χ0) is 14.4. The zero-order valence-corrected chi connectivity index (χ0v) is 13.3. The van der Waals surface area contributed by atoms with Gasteiger partial charge >= 0.3 is 0 Å². The zero-order valence-electron chi connectivity index (χ0n) is 12.5. The van der Waals surface area contributed by atoms with E-state index in [0.29, 0.717) is 6.61 Å². The van der Waals surface area contributed by atoms with E-state index in [2.05, 4.69) is 44.3 Å². The van der Waals surface area contributed by atoms with E-state index in [1.165, 1.54) is 27.3 Å². The second-order valence-corrected chi connectivity index (χ2v) is 6.42. The van der Waals surface area contributed by atoms with Crippen LogP contribution in [-0.2, 0) is 13.2 Å². The summed E-state index contributed by atoms with van der Waals surface area (Å²) in [5, 5.41) is 3.44. The monoisotopic (exact) mass is 289 g/mol. The Bertz CT molecular complexity index is 548. The van der Waals surface area contributed by atoms with Crippen molar-refractivity contribution in [1.29, 1.82) is 0 Å². The molecule has 1 aromatic heterocycles. The summed E-state index contributed by atoms with van der Waals surface area (Å²) in [5.41, 5.74) is 2.53. The highest BCUT2D eigenvalue weighted by molar-refractivity contribution is 7.12. The molecule has 0 amide bonds. The lowest BCUT2D eigenvalue weighted by atomic mass is 10.2. The molecular weight excluding hydrogens is 266 g/mol. The summed E-state index contributed by atoms with van der Waals surface area (Å²) in [6.45, 7) is 9.13. The standard InChI is InChI=1S/C17H23NOS/c1-4-8-18-11-17-10-15(14(3)20-17)12-19-16-7-5-6-13(2)9-16/h5-7,9-10,18H,4,8,11-12H2,1-3H3. The number of rotatable bonds is 7. The predicted molar refractivity (Wildman–Crippen MR) is 86.6 cm³/mol. The number of hydrogen-bond donors (Lipinski definition) is 1. The first-order chi connectivity index (χ1) is 9.69. The molecule has 0 fully saturated rings. The fourth-order valence-corrected chi connectivity index (χ4v) is 3.09. The molecule has 0 saturated heterocycles. The summed E-state index contributed by atoms with van der Waals surface area (Å²) >= 11 is 1.86. The molecule has 2 rings (SSSR count). The summed E-state index contributed by atoms with van der Waals surface area (Å²) in [6, 6.07) is 10.5. The van der Waals surface area contributed by atoms with Crippen LogP contribution < -0.4 is 10.1 Å². The van der Waals surface area contributed by atoms with Gasteiger partial charge < -0.3 is 10.1 Å². The van der Waals surface area contributed by atoms with E-state index < -0.39 is 0 Å². The van der Waals surface area contributed by atoms with E-state index in [9.17, 15) is 0 Å². The Labute approximate surface area is 125 Å². The maximum Gasteiger partial charge on any atom is 0.120 e. The molecule has 0 atom stereocenters. The average molecular weight is 289 g/mol. The van der Waals surface area contributed by atoms with Crippen molar-refractivity contribution in [3.8, 4) is 5.75 Å². The summed E-state index contributed by atoms with van der Waals surface area (Å²) in [7, 11) is 0. The van der Waals surface area contributed by atoms with Crippen LogP contribution in [-0.4, -0.2) is 6.54 Å². The van der Waals surface area contributed by atoms with Crippen LogP contribution in [0.2, 0.25) is 0 Å². The molecule has 2 nitrogen and oxygen atoms in total. The van der Waals surface area contributed by atoms with Gasteiger partial charge in [-0.15, -0.1) is 11.3 Å². The molecule has 1 N–H and O–H groups in total. The first kappa shape index (κ1) is 15.1. The molecular formula is C17H23NOS. The van der Waals surface area contributed by atoms with Crippen LogP contribution >= 0.6 is 11.3 Å². The van der Waals surface area contributed by atoms with Gasteiger partial charge in [-0.3, -0.25) is 0 Å². The second kappa shape index (κ2) is 7.46. The van der Waals surface area contributed by atoms with Crippen LogP contribution in [0.25, 0.3) is 0 Å². The third-order valence-corrected chi connectivity index (χ3v) is 4.27. The Morgan fingerprint density at radius 3 is 2.80 bits per heavy atom. The van der Waals surface area contributed by atoms with Crippen molar-refractivity contribution >= 4 is 11.3 Å². The third kappa shape index (κ3) is 4.36. The van der Waals surface area contributed by atoms with Gasteiger partial charge in [0.25, 0.3) is 0 Å². The highest BCUT2D eigenvalue weighted by Gasteiger charge is 2.06. The van der Waals surface area contributed by atoms with E-state index in [-0.39, 0.29) is 0 Å². The quantitative estimate of drug-likeness (QED) is 0.761. The van der Waals surface area contributed by atoms with Gasteiger partial charge in [0.2, 0.25) is 0 Å². The van der Waals surface area contributed by atoms with Crippen molar-refractivity contribution in [2.75, 3.05) is 6.54 Å². The molecule has 0 unspecified atom stereocenters. The first-order valence-electron chi connectivity index (χ1n) is 7.17. The fraction of sp³-hybridized carbons (Fsp3) is 0.412. The molecule has 0 aliphatic rings. The van der Waals surface area contributed by atoms with Crippen LogP contribution in [0.1, 0.15) is 34.2 Å². The predicted octanol–water partition coefficient (Wildman–Crippen LogP) is 4.44. The van der Waals surface area contributed by atoms with E-state index >= 15 is 0 Å². The van der Waals surface area contributed by atoms with Crippen molar-refractivity contribution in [2.45, 2.75) is 40.3 Å². The van der Waals surface area contributed by atoms with Crippen LogP contribution in [0.3, 0.4) is 0 Å². The van der Waals surface area contributed by atoms with Crippen LogP contribution in [0.15, 0.2) is 30.3 Å². The molecule has 0 saturated carbocycles. The molecule has 0 spiro atoms. The number of ether oxygens (including phenoxy) is 1. The first-order valence-corrected chi connectivity index (χ1v) is 7.99. The van der Waals surface area contributed by atoms with E-state index in [1.54, 1.807) is 0 Å². The number of benzene rings is 1. The fourth-order valence-electron chi connectivity index (χ4n) is 2.07. The van der Waals surface area contributed by atoms with Gasteiger partial charge in [0.1, 0.15) is 12.4 Å². The van der Waals surface area contributed by atoms with Gasteiger partial charge in [-0.25, -0.2) is 0 Å². The maximum absolute atomic E-state index is 5.88. The Morgan fingerprint density at radius 1 is 1.20 bits per heavy atom. The molecule has 0 bridgehead atoms. The Morgan fingerprint density at radius 2 is 2.05 bits per heavy atom. The average Bonchev–Trinajstić information content (AvgIpc) is 2.77. The van der Waals surface area contributed by atoms with E-state index in [0.717, 1.165) is 18.8 Å². The van der Waals surface area contributed by atoms with E-state index in [1.807, 2.05) is 23.5 Å². The topological polar surface area (TPSA) is 21.3 Å². The molecule has 0 aliphatic heterocycles. The summed E-state index contributed by atoms with van der Waals surface area (Å²) in [5.74, 6) is 0.946. The minimum atomic E-state index is 0.652. The van der Waals surface area contributed by atoms with Crippen molar-refractivity contribution in [1.82, 2.24) is 5.32 Å². The van der Waals surface area contributed by atoms with E-state index in [4.69, 9.17) is 4.74 Å². The van der Waals surface area contributed by atoms with Gasteiger partial charge in [0.05, 0.1) is 0 Å². The number of thiophene rings is 1. The maximum atomic E-state index is 5.88. The second-order valence-electron chi connectivity index (χ2n) is 5.08. The molecule has 2 aromatic rings. The molecule has 1 heterocycles. The van der Waals surface area contributed by atoms with Gasteiger partial charge in [0.15, 0.2) is 0 Å². The van der Waals surface area contributed by atoms with Gasteiger partial charge in [-0.1, -0.05) is 19.1 Å². The largest absolute Gasteiger partial charge is 0.489 e. The Hall–Kier alpha value is -1.32. The molecule has 0 radical (unpaired) electrons. The summed E-state index contributed by atoms with van der Waals surface area (Å²) < 4.78 is 5.88. The van der Waals surface area contributed by atoms with Gasteiger partial charge in [0, 0.05) is 21.9 Å². The smallest absolute Gasteiger partial charge is 0.120 e. The lowest BCUT2D eigenvalue weighted by Crippen LogP contribution is -2.12. The molecule has 20 heavy (non-hydrogen) atoms. The highest BCUT2D eigenvalue weighted by Crippen LogP contribution is 2.23. The van der Waals surface area contributed by atoms with Gasteiger partial charge in [-0.05, 0) is 50.6 Å². The highest BCUT2D eigenvalue weighted by atomic mass is 32.1. The number of aryl methyl sites for hydroxylation is 2. The van der Waals surface area contributed by atoms with Crippen LogP contribution in [0, 0.1) is 13.8 Å². The van der Waals surface area contributed by atoms with Crippen molar-refractivity contribution in [3.05, 3.63) is 51.2 Å². The molecule has 0 aliphatic carbocycles. The van der Waals surface area contributed by atoms with Gasteiger partial charge in [-0.2, -0.15) is 0 Å².